The Morgan fingerprint density at radius 3 is 2.84 bits per heavy atom. The van der Waals surface area contributed by atoms with Crippen LogP contribution < -0.4 is 5.32 Å². The number of aromatic carboxylic acids is 1. The van der Waals surface area contributed by atoms with Gasteiger partial charge in [-0.25, -0.2) is 4.79 Å². The molecule has 0 aliphatic rings. The van der Waals surface area contributed by atoms with Crippen molar-refractivity contribution in [2.24, 2.45) is 0 Å². The van der Waals surface area contributed by atoms with Crippen molar-refractivity contribution in [3.05, 3.63) is 35.4 Å². The molecule has 0 saturated carbocycles. The van der Waals surface area contributed by atoms with Gasteiger partial charge in [0.15, 0.2) is 0 Å². The van der Waals surface area contributed by atoms with E-state index in [2.05, 4.69) is 12.2 Å². The first-order valence-corrected chi connectivity index (χ1v) is 7.45. The van der Waals surface area contributed by atoms with Gasteiger partial charge in [0.25, 0.3) is 0 Å². The van der Waals surface area contributed by atoms with Gasteiger partial charge in [0.1, 0.15) is 0 Å². The lowest BCUT2D eigenvalue weighted by Gasteiger charge is -2.05. The Morgan fingerprint density at radius 1 is 1.37 bits per heavy atom. The summed E-state index contributed by atoms with van der Waals surface area (Å²) in [4.78, 5) is 22.3. The molecule has 19 heavy (non-hydrogen) atoms. The van der Waals surface area contributed by atoms with Crippen LogP contribution in [0.25, 0.3) is 0 Å². The molecule has 0 aliphatic heterocycles. The largest absolute Gasteiger partial charge is 0.478 e. The van der Waals surface area contributed by atoms with Gasteiger partial charge in [-0.1, -0.05) is 25.5 Å². The fourth-order valence-electron chi connectivity index (χ4n) is 1.51. The zero-order valence-corrected chi connectivity index (χ0v) is 11.8. The quantitative estimate of drug-likeness (QED) is 0.719. The van der Waals surface area contributed by atoms with Crippen LogP contribution in [0.3, 0.4) is 0 Å². The summed E-state index contributed by atoms with van der Waals surface area (Å²) in [5, 5.41) is 11.7. The first kappa shape index (κ1) is 15.6. The Hall–Kier alpha value is -1.49. The number of benzene rings is 1. The minimum Gasteiger partial charge on any atom is -0.478 e. The van der Waals surface area contributed by atoms with E-state index in [1.54, 1.807) is 18.2 Å². The number of thioether (sulfide) groups is 1. The molecule has 2 N–H and O–H groups in total. The van der Waals surface area contributed by atoms with E-state index >= 15 is 0 Å². The van der Waals surface area contributed by atoms with Gasteiger partial charge >= 0.3 is 5.97 Å². The maximum atomic E-state index is 11.5. The summed E-state index contributed by atoms with van der Waals surface area (Å²) in [6.45, 7) is 2.81. The van der Waals surface area contributed by atoms with Crippen molar-refractivity contribution in [1.29, 1.82) is 0 Å². The lowest BCUT2D eigenvalue weighted by atomic mass is 10.1. The Balaban J connectivity index is 2.31. The monoisotopic (exact) mass is 281 g/mol. The second kappa shape index (κ2) is 8.58. The highest BCUT2D eigenvalue weighted by molar-refractivity contribution is 7.99. The number of carbonyl (C=O) groups excluding carboxylic acids is 1. The molecule has 1 amide bonds. The maximum Gasteiger partial charge on any atom is 0.335 e. The molecule has 0 spiro atoms. The van der Waals surface area contributed by atoms with Gasteiger partial charge in [-0.15, -0.1) is 11.8 Å². The smallest absolute Gasteiger partial charge is 0.335 e. The van der Waals surface area contributed by atoms with Crippen molar-refractivity contribution in [2.75, 3.05) is 12.3 Å². The molecule has 0 fully saturated rings. The van der Waals surface area contributed by atoms with Crippen molar-refractivity contribution in [2.45, 2.75) is 25.5 Å². The van der Waals surface area contributed by atoms with Crippen molar-refractivity contribution < 1.29 is 14.7 Å². The Labute approximate surface area is 117 Å². The molecule has 0 bridgehead atoms. The molecule has 0 unspecified atom stereocenters. The number of unbranched alkanes of at least 4 members (excludes halogenated alkanes) is 1. The van der Waals surface area contributed by atoms with Gasteiger partial charge in [-0.3, -0.25) is 4.79 Å². The Morgan fingerprint density at radius 2 is 2.16 bits per heavy atom. The summed E-state index contributed by atoms with van der Waals surface area (Å²) in [6, 6.07) is 6.80. The van der Waals surface area contributed by atoms with Crippen LogP contribution in [-0.2, 0) is 10.5 Å². The normalized spacial score (nSPS) is 10.2. The van der Waals surface area contributed by atoms with Gasteiger partial charge < -0.3 is 10.4 Å². The van der Waals surface area contributed by atoms with E-state index in [0.29, 0.717) is 11.5 Å². The number of carboxylic acids is 1. The maximum absolute atomic E-state index is 11.5. The lowest BCUT2D eigenvalue weighted by Crippen LogP contribution is -2.26. The van der Waals surface area contributed by atoms with Gasteiger partial charge in [-0.05, 0) is 24.1 Å². The van der Waals surface area contributed by atoms with E-state index in [1.807, 2.05) is 6.07 Å². The summed E-state index contributed by atoms with van der Waals surface area (Å²) >= 11 is 1.49. The van der Waals surface area contributed by atoms with Crippen LogP contribution in [0.5, 0.6) is 0 Å². The number of hydrogen-bond acceptors (Lipinski definition) is 3. The summed E-state index contributed by atoms with van der Waals surface area (Å²) in [7, 11) is 0. The molecule has 5 heteroatoms. The van der Waals surface area contributed by atoms with Crippen LogP contribution in [-0.4, -0.2) is 29.3 Å². The zero-order chi connectivity index (χ0) is 14.1. The van der Waals surface area contributed by atoms with E-state index in [-0.39, 0.29) is 11.5 Å². The summed E-state index contributed by atoms with van der Waals surface area (Å²) in [6.07, 6.45) is 2.06. The molecule has 1 rings (SSSR count). The molecule has 0 radical (unpaired) electrons. The van der Waals surface area contributed by atoms with E-state index in [4.69, 9.17) is 5.11 Å². The molecular weight excluding hydrogens is 262 g/mol. The van der Waals surface area contributed by atoms with Crippen molar-refractivity contribution in [1.82, 2.24) is 5.32 Å². The summed E-state index contributed by atoms with van der Waals surface area (Å²) < 4.78 is 0. The van der Waals surface area contributed by atoms with E-state index < -0.39 is 5.97 Å². The predicted molar refractivity (Wildman–Crippen MR) is 77.5 cm³/mol. The first-order valence-electron chi connectivity index (χ1n) is 6.30. The average molecular weight is 281 g/mol. The fraction of sp³-hybridized carbons (Fsp3) is 0.429. The molecule has 0 heterocycles. The van der Waals surface area contributed by atoms with Crippen LogP contribution in [0.4, 0.5) is 0 Å². The molecule has 0 atom stereocenters. The second-order valence-corrected chi connectivity index (χ2v) is 5.19. The highest BCUT2D eigenvalue weighted by atomic mass is 32.2. The van der Waals surface area contributed by atoms with Crippen molar-refractivity contribution in [3.63, 3.8) is 0 Å². The molecule has 0 saturated heterocycles. The van der Waals surface area contributed by atoms with Gasteiger partial charge in [0, 0.05) is 12.3 Å². The molecule has 0 aliphatic carbocycles. The summed E-state index contributed by atoms with van der Waals surface area (Å²) in [5.41, 5.74) is 1.21. The molecule has 4 nitrogen and oxygen atoms in total. The highest BCUT2D eigenvalue weighted by Crippen LogP contribution is 2.13. The minimum absolute atomic E-state index is 0.0350. The minimum atomic E-state index is -0.927. The van der Waals surface area contributed by atoms with Gasteiger partial charge in [0.2, 0.25) is 5.91 Å². The number of hydrogen-bond donors (Lipinski definition) is 2. The fourth-order valence-corrected chi connectivity index (χ4v) is 2.32. The number of carboxylic acid groups (broad SMARTS) is 1. The number of amides is 1. The van der Waals surface area contributed by atoms with Gasteiger partial charge in [-0.2, -0.15) is 0 Å². The number of rotatable bonds is 8. The summed E-state index contributed by atoms with van der Waals surface area (Å²) in [5.74, 6) is 0.153. The highest BCUT2D eigenvalue weighted by Gasteiger charge is 2.04. The van der Waals surface area contributed by atoms with Gasteiger partial charge in [0.05, 0.1) is 11.3 Å². The van der Waals surface area contributed by atoms with E-state index in [0.717, 1.165) is 24.9 Å². The standard InChI is InChI=1S/C14H19NO3S/c1-2-3-7-15-13(16)10-19-9-11-5-4-6-12(8-11)14(17)18/h4-6,8H,2-3,7,9-10H2,1H3,(H,15,16)(H,17,18). The molecular formula is C14H19NO3S. The number of nitrogens with one attached hydrogen (secondary N) is 1. The molecule has 104 valence electrons. The predicted octanol–water partition coefficient (Wildman–Crippen LogP) is 2.53. The third-order valence-electron chi connectivity index (χ3n) is 2.53. The topological polar surface area (TPSA) is 66.4 Å². The van der Waals surface area contributed by atoms with E-state index in [1.165, 1.54) is 11.8 Å². The first-order chi connectivity index (χ1) is 9.13. The SMILES string of the molecule is CCCCNC(=O)CSCc1cccc(C(=O)O)c1. The van der Waals surface area contributed by atoms with Crippen LogP contribution in [0.2, 0.25) is 0 Å². The zero-order valence-electron chi connectivity index (χ0n) is 11.0. The van der Waals surface area contributed by atoms with Crippen LogP contribution in [0.15, 0.2) is 24.3 Å². The van der Waals surface area contributed by atoms with Crippen LogP contribution in [0.1, 0.15) is 35.7 Å². The van der Waals surface area contributed by atoms with E-state index in [9.17, 15) is 9.59 Å². The van der Waals surface area contributed by atoms with Crippen LogP contribution >= 0.6 is 11.8 Å². The third-order valence-corrected chi connectivity index (χ3v) is 3.53. The average Bonchev–Trinajstić information content (AvgIpc) is 2.39. The van der Waals surface area contributed by atoms with Crippen LogP contribution in [0, 0.1) is 0 Å². The van der Waals surface area contributed by atoms with Crippen molar-refractivity contribution in [3.8, 4) is 0 Å². The Bertz CT molecular complexity index is 434. The number of carbonyl (C=O) groups is 2. The third kappa shape index (κ3) is 6.29. The molecule has 0 aromatic heterocycles. The molecule has 1 aromatic rings. The van der Waals surface area contributed by atoms with Crippen molar-refractivity contribution >= 4 is 23.6 Å². The Kier molecular flexibility index (Phi) is 7.03. The lowest BCUT2D eigenvalue weighted by molar-refractivity contribution is -0.118. The second-order valence-electron chi connectivity index (χ2n) is 4.20. The molecule has 1 aromatic carbocycles.